The second-order valence-electron chi connectivity index (χ2n) is 6.63. The van der Waals surface area contributed by atoms with E-state index in [1.807, 2.05) is 30.3 Å². The van der Waals surface area contributed by atoms with Gasteiger partial charge in [0.25, 0.3) is 5.91 Å². The summed E-state index contributed by atoms with van der Waals surface area (Å²) in [6.45, 7) is 0.526. The third-order valence-electron chi connectivity index (χ3n) is 4.84. The number of benzene rings is 2. The van der Waals surface area contributed by atoms with Crippen LogP contribution in [0.25, 0.3) is 11.4 Å². The normalized spacial score (nSPS) is 14.7. The van der Waals surface area contributed by atoms with E-state index in [0.29, 0.717) is 17.9 Å². The van der Waals surface area contributed by atoms with Crippen LogP contribution in [0.1, 0.15) is 28.8 Å². The Balaban J connectivity index is 1.41. The number of carbonyl (C=O) groups is 1. The van der Waals surface area contributed by atoms with Gasteiger partial charge in [-0.2, -0.15) is 0 Å². The highest BCUT2D eigenvalue weighted by Gasteiger charge is 2.44. The summed E-state index contributed by atoms with van der Waals surface area (Å²) in [5, 5.41) is 2.96. The zero-order chi connectivity index (χ0) is 18.0. The molecule has 4 nitrogen and oxygen atoms in total. The van der Waals surface area contributed by atoms with Gasteiger partial charge in [-0.05, 0) is 30.5 Å². The van der Waals surface area contributed by atoms with Crippen LogP contribution in [0.15, 0.2) is 67.0 Å². The number of nitrogens with zero attached hydrogens (tertiary/aromatic N) is 2. The number of amides is 1. The first-order valence-electron chi connectivity index (χ1n) is 8.58. The van der Waals surface area contributed by atoms with Crippen LogP contribution in [0.3, 0.4) is 0 Å². The van der Waals surface area contributed by atoms with Gasteiger partial charge in [0.1, 0.15) is 5.82 Å². The Kier molecular flexibility index (Phi) is 4.21. The number of rotatable bonds is 5. The second kappa shape index (κ2) is 6.67. The molecular formula is C21H18FN3O. The molecule has 0 radical (unpaired) electrons. The van der Waals surface area contributed by atoms with Crippen LogP contribution in [0, 0.1) is 5.82 Å². The quantitative estimate of drug-likeness (QED) is 0.765. The predicted octanol–water partition coefficient (Wildman–Crippen LogP) is 3.74. The minimum absolute atomic E-state index is 0.0752. The summed E-state index contributed by atoms with van der Waals surface area (Å²) in [6.07, 6.45) is 5.06. The Morgan fingerprint density at radius 2 is 1.65 bits per heavy atom. The van der Waals surface area contributed by atoms with Gasteiger partial charge in [0.2, 0.25) is 0 Å². The Morgan fingerprint density at radius 1 is 1.00 bits per heavy atom. The van der Waals surface area contributed by atoms with Crippen LogP contribution < -0.4 is 5.32 Å². The van der Waals surface area contributed by atoms with Gasteiger partial charge in [0.15, 0.2) is 5.82 Å². The monoisotopic (exact) mass is 347 g/mol. The van der Waals surface area contributed by atoms with Gasteiger partial charge >= 0.3 is 0 Å². The lowest BCUT2D eigenvalue weighted by atomic mass is 9.96. The van der Waals surface area contributed by atoms with Crippen molar-refractivity contribution in [3.8, 4) is 11.4 Å². The molecule has 1 amide bonds. The first-order valence-corrected chi connectivity index (χ1v) is 8.58. The van der Waals surface area contributed by atoms with E-state index in [2.05, 4.69) is 15.3 Å². The first-order chi connectivity index (χ1) is 12.7. The molecule has 1 N–H and O–H groups in total. The molecule has 1 aliphatic carbocycles. The van der Waals surface area contributed by atoms with Crippen molar-refractivity contribution in [1.82, 2.24) is 15.3 Å². The minimum Gasteiger partial charge on any atom is -0.351 e. The Bertz CT molecular complexity index is 904. The Labute approximate surface area is 151 Å². The standard InChI is InChI=1S/C21H18FN3O/c22-18-8-6-17(7-9-18)21(10-11-21)14-25-20(26)16-12-23-19(24-13-16)15-4-2-1-3-5-15/h1-9,12-13H,10-11,14H2,(H,25,26). The van der Waals surface area contributed by atoms with Gasteiger partial charge in [-0.3, -0.25) is 4.79 Å². The lowest BCUT2D eigenvalue weighted by Crippen LogP contribution is -2.32. The predicted molar refractivity (Wildman–Crippen MR) is 97.1 cm³/mol. The van der Waals surface area contributed by atoms with Gasteiger partial charge in [0.05, 0.1) is 5.56 Å². The maximum absolute atomic E-state index is 13.1. The number of hydrogen-bond acceptors (Lipinski definition) is 3. The Morgan fingerprint density at radius 3 is 2.27 bits per heavy atom. The third-order valence-corrected chi connectivity index (χ3v) is 4.84. The zero-order valence-electron chi connectivity index (χ0n) is 14.2. The number of hydrogen-bond donors (Lipinski definition) is 1. The molecule has 0 saturated heterocycles. The average molecular weight is 347 g/mol. The molecule has 0 aliphatic heterocycles. The lowest BCUT2D eigenvalue weighted by molar-refractivity contribution is 0.0949. The van der Waals surface area contributed by atoms with Crippen molar-refractivity contribution >= 4 is 5.91 Å². The summed E-state index contributed by atoms with van der Waals surface area (Å²) in [6, 6.07) is 16.1. The molecule has 0 spiro atoms. The van der Waals surface area contributed by atoms with Crippen molar-refractivity contribution in [3.05, 3.63) is 83.9 Å². The smallest absolute Gasteiger partial charge is 0.254 e. The molecule has 2 aromatic carbocycles. The molecule has 1 heterocycles. The molecule has 0 bridgehead atoms. The summed E-state index contributed by atoms with van der Waals surface area (Å²) in [5.74, 6) is 0.148. The summed E-state index contributed by atoms with van der Waals surface area (Å²) < 4.78 is 13.1. The van der Waals surface area contributed by atoms with E-state index in [9.17, 15) is 9.18 Å². The van der Waals surface area contributed by atoms with Gasteiger partial charge < -0.3 is 5.32 Å². The molecule has 1 aromatic heterocycles. The molecule has 1 aliphatic rings. The Hall–Kier alpha value is -3.08. The van der Waals surface area contributed by atoms with Crippen molar-refractivity contribution in [2.45, 2.75) is 18.3 Å². The summed E-state index contributed by atoms with van der Waals surface area (Å²) in [4.78, 5) is 21.0. The fourth-order valence-electron chi connectivity index (χ4n) is 3.05. The van der Waals surface area contributed by atoms with E-state index in [4.69, 9.17) is 0 Å². The fraction of sp³-hybridized carbons (Fsp3) is 0.190. The van der Waals surface area contributed by atoms with E-state index >= 15 is 0 Å². The molecule has 0 unspecified atom stereocenters. The van der Waals surface area contributed by atoms with Gasteiger partial charge in [-0.25, -0.2) is 14.4 Å². The van der Waals surface area contributed by atoms with E-state index in [1.165, 1.54) is 12.1 Å². The first kappa shape index (κ1) is 16.4. The molecule has 0 atom stereocenters. The zero-order valence-corrected chi connectivity index (χ0v) is 14.2. The van der Waals surface area contributed by atoms with Gasteiger partial charge in [0, 0.05) is 29.9 Å². The van der Waals surface area contributed by atoms with E-state index < -0.39 is 0 Å². The van der Waals surface area contributed by atoms with Gasteiger partial charge in [-0.15, -0.1) is 0 Å². The van der Waals surface area contributed by atoms with Crippen LogP contribution >= 0.6 is 0 Å². The van der Waals surface area contributed by atoms with Gasteiger partial charge in [-0.1, -0.05) is 42.5 Å². The van der Waals surface area contributed by atoms with Crippen LogP contribution in [0.2, 0.25) is 0 Å². The highest BCUT2D eigenvalue weighted by atomic mass is 19.1. The maximum Gasteiger partial charge on any atom is 0.254 e. The van der Waals surface area contributed by atoms with Crippen LogP contribution in [-0.2, 0) is 5.41 Å². The number of nitrogens with one attached hydrogen (secondary N) is 1. The highest BCUT2D eigenvalue weighted by Crippen LogP contribution is 2.47. The molecule has 3 aromatic rings. The molecule has 26 heavy (non-hydrogen) atoms. The van der Waals surface area contributed by atoms with Crippen molar-refractivity contribution in [2.24, 2.45) is 0 Å². The minimum atomic E-state index is -0.246. The summed E-state index contributed by atoms with van der Waals surface area (Å²) in [5.41, 5.74) is 2.33. The number of carbonyl (C=O) groups excluding carboxylic acids is 1. The maximum atomic E-state index is 13.1. The van der Waals surface area contributed by atoms with Crippen LogP contribution in [0.4, 0.5) is 4.39 Å². The number of aromatic nitrogens is 2. The van der Waals surface area contributed by atoms with Crippen LogP contribution in [0.5, 0.6) is 0 Å². The fourth-order valence-corrected chi connectivity index (χ4v) is 3.05. The molecule has 130 valence electrons. The van der Waals surface area contributed by atoms with Crippen molar-refractivity contribution in [2.75, 3.05) is 6.54 Å². The van der Waals surface area contributed by atoms with Crippen molar-refractivity contribution in [3.63, 3.8) is 0 Å². The highest BCUT2D eigenvalue weighted by molar-refractivity contribution is 5.93. The largest absolute Gasteiger partial charge is 0.351 e. The molecule has 1 fully saturated rings. The summed E-state index contributed by atoms with van der Waals surface area (Å²) >= 11 is 0. The second-order valence-corrected chi connectivity index (χ2v) is 6.63. The molecule has 5 heteroatoms. The molecule has 1 saturated carbocycles. The topological polar surface area (TPSA) is 54.9 Å². The SMILES string of the molecule is O=C(NCC1(c2ccc(F)cc2)CC1)c1cnc(-c2ccccc2)nc1. The van der Waals surface area contributed by atoms with Crippen molar-refractivity contribution < 1.29 is 9.18 Å². The van der Waals surface area contributed by atoms with Crippen molar-refractivity contribution in [1.29, 1.82) is 0 Å². The molecule has 4 rings (SSSR count). The number of halogens is 1. The lowest BCUT2D eigenvalue weighted by Gasteiger charge is -2.16. The van der Waals surface area contributed by atoms with E-state index in [1.54, 1.807) is 24.5 Å². The average Bonchev–Trinajstić information content (AvgIpc) is 3.49. The van der Waals surface area contributed by atoms with Crippen LogP contribution in [-0.4, -0.2) is 22.4 Å². The summed E-state index contributed by atoms with van der Waals surface area (Å²) in [7, 11) is 0. The third kappa shape index (κ3) is 3.33. The van der Waals surface area contributed by atoms with E-state index in [0.717, 1.165) is 24.0 Å². The molecular weight excluding hydrogens is 329 g/mol. The van der Waals surface area contributed by atoms with E-state index in [-0.39, 0.29) is 17.1 Å².